The molecule has 0 aliphatic rings. The molecule has 0 saturated heterocycles. The van der Waals surface area contributed by atoms with Crippen LogP contribution in [0.25, 0.3) is 0 Å². The van der Waals surface area contributed by atoms with Gasteiger partial charge in [-0.1, -0.05) is 30.3 Å². The second-order valence-corrected chi connectivity index (χ2v) is 3.78. The Bertz CT molecular complexity index is 474. The van der Waals surface area contributed by atoms with Crippen molar-refractivity contribution >= 4 is 11.8 Å². The van der Waals surface area contributed by atoms with E-state index < -0.39 is 5.97 Å². The van der Waals surface area contributed by atoms with Crippen molar-refractivity contribution in [3.8, 4) is 0 Å². The first kappa shape index (κ1) is 15.0. The van der Waals surface area contributed by atoms with Crippen LogP contribution in [0.4, 0.5) is 0 Å². The maximum atomic E-state index is 12.3. The maximum Gasteiger partial charge on any atom is 0.345 e. The molecular weight excluding hydrogens is 244 g/mol. The number of carbonyl (C=O) groups excluding carboxylic acids is 2. The third-order valence-electron chi connectivity index (χ3n) is 2.46. The minimum absolute atomic E-state index is 0.0464. The van der Waals surface area contributed by atoms with Gasteiger partial charge in [0.2, 0.25) is 5.78 Å². The largest absolute Gasteiger partial charge is 0.497 e. The molecule has 0 atom stereocenters. The normalized spacial score (nSPS) is 11.5. The van der Waals surface area contributed by atoms with Gasteiger partial charge in [-0.2, -0.15) is 0 Å². The molecule has 0 heterocycles. The number of esters is 1. The predicted octanol–water partition coefficient (Wildman–Crippen LogP) is 2.74. The first-order valence-electron chi connectivity index (χ1n) is 6.22. The molecule has 19 heavy (non-hydrogen) atoms. The highest BCUT2D eigenvalue weighted by Crippen LogP contribution is 2.15. The first-order valence-corrected chi connectivity index (χ1v) is 6.22. The summed E-state index contributed by atoms with van der Waals surface area (Å²) in [5.41, 5.74) is 0.388. The van der Waals surface area contributed by atoms with Gasteiger partial charge in [0.05, 0.1) is 13.2 Å². The number of benzene rings is 1. The van der Waals surface area contributed by atoms with Crippen molar-refractivity contribution in [2.24, 2.45) is 0 Å². The van der Waals surface area contributed by atoms with Crippen LogP contribution in [0.2, 0.25) is 0 Å². The van der Waals surface area contributed by atoms with Crippen LogP contribution in [-0.2, 0) is 14.3 Å². The van der Waals surface area contributed by atoms with Gasteiger partial charge in [0.15, 0.2) is 0 Å². The quantitative estimate of drug-likeness (QED) is 0.197. The lowest BCUT2D eigenvalue weighted by atomic mass is 10.0. The Morgan fingerprint density at radius 3 is 2.11 bits per heavy atom. The van der Waals surface area contributed by atoms with Crippen LogP contribution in [0.15, 0.2) is 41.7 Å². The predicted molar refractivity (Wildman–Crippen MR) is 71.7 cm³/mol. The molecule has 1 aromatic carbocycles. The van der Waals surface area contributed by atoms with E-state index in [2.05, 4.69) is 0 Å². The second-order valence-electron chi connectivity index (χ2n) is 3.78. The zero-order valence-electron chi connectivity index (χ0n) is 11.4. The number of hydrogen-bond donors (Lipinski definition) is 0. The van der Waals surface area contributed by atoms with Crippen molar-refractivity contribution in [1.29, 1.82) is 0 Å². The Balaban J connectivity index is 3.14. The lowest BCUT2D eigenvalue weighted by Crippen LogP contribution is -2.19. The Kier molecular flexibility index (Phi) is 5.79. The highest BCUT2D eigenvalue weighted by molar-refractivity contribution is 6.24. The molecule has 0 bridgehead atoms. The number of carbonyl (C=O) groups is 2. The Hall–Kier alpha value is -2.10. The van der Waals surface area contributed by atoms with E-state index in [0.29, 0.717) is 12.2 Å². The summed E-state index contributed by atoms with van der Waals surface area (Å²) >= 11 is 0. The summed E-state index contributed by atoms with van der Waals surface area (Å²) in [5, 5.41) is 0. The van der Waals surface area contributed by atoms with Crippen molar-refractivity contribution in [2.75, 3.05) is 13.2 Å². The zero-order valence-corrected chi connectivity index (χ0v) is 11.4. The third-order valence-corrected chi connectivity index (χ3v) is 2.46. The molecule has 4 nitrogen and oxygen atoms in total. The van der Waals surface area contributed by atoms with E-state index >= 15 is 0 Å². The lowest BCUT2D eigenvalue weighted by molar-refractivity contribution is -0.138. The minimum atomic E-state index is -0.651. The van der Waals surface area contributed by atoms with Crippen molar-refractivity contribution in [3.63, 3.8) is 0 Å². The van der Waals surface area contributed by atoms with Gasteiger partial charge in [-0.3, -0.25) is 4.79 Å². The molecule has 0 aromatic heterocycles. The summed E-state index contributed by atoms with van der Waals surface area (Å²) in [4.78, 5) is 24.2. The summed E-state index contributed by atoms with van der Waals surface area (Å²) in [6.45, 7) is 5.68. The van der Waals surface area contributed by atoms with E-state index in [1.54, 1.807) is 51.1 Å². The van der Waals surface area contributed by atoms with Gasteiger partial charge in [0, 0.05) is 5.56 Å². The standard InChI is InChI=1S/C15H18O4/c1-4-18-11(3)13(15(17)19-5-2)14(16)12-9-7-6-8-10-12/h6-10H,4-5H2,1-3H3. The van der Waals surface area contributed by atoms with E-state index in [4.69, 9.17) is 9.47 Å². The fraction of sp³-hybridized carbons (Fsp3) is 0.333. The number of allylic oxidation sites excluding steroid dienone is 1. The Labute approximate surface area is 113 Å². The molecule has 0 N–H and O–H groups in total. The van der Waals surface area contributed by atoms with Crippen LogP contribution in [-0.4, -0.2) is 25.0 Å². The number of hydrogen-bond acceptors (Lipinski definition) is 4. The smallest absolute Gasteiger partial charge is 0.345 e. The van der Waals surface area contributed by atoms with Gasteiger partial charge in [-0.05, 0) is 20.8 Å². The van der Waals surface area contributed by atoms with Crippen LogP contribution >= 0.6 is 0 Å². The minimum Gasteiger partial charge on any atom is -0.497 e. The highest BCUT2D eigenvalue weighted by Gasteiger charge is 2.24. The van der Waals surface area contributed by atoms with Crippen LogP contribution < -0.4 is 0 Å². The van der Waals surface area contributed by atoms with E-state index in [9.17, 15) is 9.59 Å². The molecule has 4 heteroatoms. The highest BCUT2D eigenvalue weighted by atomic mass is 16.5. The van der Waals surface area contributed by atoms with E-state index in [0.717, 1.165) is 0 Å². The lowest BCUT2D eigenvalue weighted by Gasteiger charge is -2.11. The molecule has 1 rings (SSSR count). The summed E-state index contributed by atoms with van der Waals surface area (Å²) in [7, 11) is 0. The fourth-order valence-electron chi connectivity index (χ4n) is 1.62. The molecule has 0 amide bonds. The molecule has 0 aliphatic carbocycles. The SMILES string of the molecule is CCOC(=O)C(C(=O)c1ccccc1)=C(C)OCC. The van der Waals surface area contributed by atoms with Gasteiger partial charge >= 0.3 is 5.97 Å². The molecule has 0 saturated carbocycles. The van der Waals surface area contributed by atoms with Crippen LogP contribution in [0, 0.1) is 0 Å². The van der Waals surface area contributed by atoms with Crippen LogP contribution in [0.3, 0.4) is 0 Å². The molecule has 0 unspecified atom stereocenters. The molecule has 102 valence electrons. The Morgan fingerprint density at radius 2 is 1.58 bits per heavy atom. The number of Topliss-reactive ketones (excluding diaryl/α,β-unsaturated/α-hetero) is 1. The summed E-state index contributed by atoms with van der Waals surface area (Å²) in [6.07, 6.45) is 0. The number of ether oxygens (including phenoxy) is 2. The first-order chi connectivity index (χ1) is 9.11. The van der Waals surface area contributed by atoms with Gasteiger partial charge in [-0.15, -0.1) is 0 Å². The molecule has 0 spiro atoms. The van der Waals surface area contributed by atoms with Crippen molar-refractivity contribution in [3.05, 3.63) is 47.2 Å². The zero-order chi connectivity index (χ0) is 14.3. The van der Waals surface area contributed by atoms with Gasteiger partial charge in [0.1, 0.15) is 11.3 Å². The molecular formula is C15H18O4. The van der Waals surface area contributed by atoms with E-state index in [1.807, 2.05) is 0 Å². The molecule has 1 aromatic rings. The van der Waals surface area contributed by atoms with E-state index in [1.165, 1.54) is 0 Å². The van der Waals surface area contributed by atoms with E-state index in [-0.39, 0.29) is 23.7 Å². The summed E-state index contributed by atoms with van der Waals surface area (Å²) in [6, 6.07) is 8.60. The molecule has 0 aliphatic heterocycles. The van der Waals surface area contributed by atoms with Crippen LogP contribution in [0.1, 0.15) is 31.1 Å². The number of rotatable bonds is 6. The maximum absolute atomic E-state index is 12.3. The topological polar surface area (TPSA) is 52.6 Å². The summed E-state index contributed by atoms with van der Waals surface area (Å²) < 4.78 is 10.2. The second kappa shape index (κ2) is 7.36. The van der Waals surface area contributed by atoms with Crippen molar-refractivity contribution in [2.45, 2.75) is 20.8 Å². The Morgan fingerprint density at radius 1 is 1.00 bits per heavy atom. The fourth-order valence-corrected chi connectivity index (χ4v) is 1.62. The molecule has 0 fully saturated rings. The third kappa shape index (κ3) is 3.95. The number of ketones is 1. The van der Waals surface area contributed by atoms with Gasteiger partial charge in [0.25, 0.3) is 0 Å². The molecule has 0 radical (unpaired) electrons. The van der Waals surface area contributed by atoms with Crippen LogP contribution in [0.5, 0.6) is 0 Å². The van der Waals surface area contributed by atoms with Crippen molar-refractivity contribution < 1.29 is 19.1 Å². The summed E-state index contributed by atoms with van der Waals surface area (Å²) in [5.74, 6) is -0.748. The van der Waals surface area contributed by atoms with Gasteiger partial charge in [-0.25, -0.2) is 4.79 Å². The monoisotopic (exact) mass is 262 g/mol. The average Bonchev–Trinajstić information content (AvgIpc) is 2.40. The van der Waals surface area contributed by atoms with Crippen molar-refractivity contribution in [1.82, 2.24) is 0 Å². The van der Waals surface area contributed by atoms with Gasteiger partial charge < -0.3 is 9.47 Å². The average molecular weight is 262 g/mol.